The number of halogens is 3. The Balaban J connectivity index is 1.27. The molecule has 0 atom stereocenters. The topological polar surface area (TPSA) is 48.5 Å². The lowest BCUT2D eigenvalue weighted by Gasteiger charge is -2.20. The molecule has 0 aliphatic carbocycles. The molecule has 1 amide bonds. The summed E-state index contributed by atoms with van der Waals surface area (Å²) in [6.45, 7) is 4.68. The van der Waals surface area contributed by atoms with Gasteiger partial charge in [-0.2, -0.15) is 13.2 Å². The fraction of sp³-hybridized carbons (Fsp3) is 0.379. The number of pyridine rings is 1. The van der Waals surface area contributed by atoms with Gasteiger partial charge in [-0.1, -0.05) is 24.3 Å². The average Bonchev–Trinajstić information content (AvgIpc) is 3.56. The summed E-state index contributed by atoms with van der Waals surface area (Å²) in [4.78, 5) is 22.0. The van der Waals surface area contributed by atoms with Crippen LogP contribution in [0.4, 0.5) is 24.7 Å². The standard InChI is InChI=1S/C29H31F3N4O/c30-29(31,32)23-7-3-6-21(19-23)18-22-10-13-33-27(20-22)36-17-11-24-25(8-4-9-26(24)36)28(37)34-12-5-16-35-14-1-2-15-35/h3-4,6-10,13,19-20H,1-2,5,11-12,14-18H2,(H,34,37). The maximum absolute atomic E-state index is 13.1. The van der Waals surface area contributed by atoms with E-state index >= 15 is 0 Å². The van der Waals surface area contributed by atoms with Crippen molar-refractivity contribution < 1.29 is 18.0 Å². The van der Waals surface area contributed by atoms with Crippen LogP contribution in [0.15, 0.2) is 60.8 Å². The first-order valence-electron chi connectivity index (χ1n) is 12.9. The summed E-state index contributed by atoms with van der Waals surface area (Å²) >= 11 is 0. The van der Waals surface area contributed by atoms with E-state index in [1.54, 1.807) is 12.3 Å². The highest BCUT2D eigenvalue weighted by Gasteiger charge is 2.30. The number of nitrogens with zero attached hydrogens (tertiary/aromatic N) is 3. The van der Waals surface area contributed by atoms with Crippen molar-refractivity contribution in [3.63, 3.8) is 0 Å². The normalized spacial score (nSPS) is 15.7. The van der Waals surface area contributed by atoms with Gasteiger partial charge in [0.1, 0.15) is 5.82 Å². The Bertz CT molecular complexity index is 1250. The van der Waals surface area contributed by atoms with Crippen molar-refractivity contribution in [1.29, 1.82) is 0 Å². The zero-order valence-corrected chi connectivity index (χ0v) is 20.7. The van der Waals surface area contributed by atoms with Gasteiger partial charge in [0.2, 0.25) is 0 Å². The van der Waals surface area contributed by atoms with Crippen molar-refractivity contribution in [2.75, 3.05) is 37.6 Å². The Morgan fingerprint density at radius 3 is 2.57 bits per heavy atom. The number of carbonyl (C=O) groups is 1. The molecule has 37 heavy (non-hydrogen) atoms. The average molecular weight is 509 g/mol. The predicted octanol–water partition coefficient (Wildman–Crippen LogP) is 5.60. The second-order valence-corrected chi connectivity index (χ2v) is 9.76. The van der Waals surface area contributed by atoms with Crippen LogP contribution in [0.25, 0.3) is 0 Å². The lowest BCUT2D eigenvalue weighted by atomic mass is 10.0. The van der Waals surface area contributed by atoms with Crippen LogP contribution >= 0.6 is 0 Å². The number of hydrogen-bond donors (Lipinski definition) is 1. The predicted molar refractivity (Wildman–Crippen MR) is 138 cm³/mol. The molecule has 1 saturated heterocycles. The number of benzene rings is 2. The number of carbonyl (C=O) groups excluding carboxylic acids is 1. The minimum atomic E-state index is -4.36. The minimum absolute atomic E-state index is 0.0496. The molecule has 0 spiro atoms. The SMILES string of the molecule is O=C(NCCCN1CCCC1)c1cccc2c1CCN2c1cc(Cc2cccc(C(F)(F)F)c2)ccn1. The van der Waals surface area contributed by atoms with Gasteiger partial charge in [-0.3, -0.25) is 4.79 Å². The Morgan fingerprint density at radius 1 is 0.973 bits per heavy atom. The van der Waals surface area contributed by atoms with Gasteiger partial charge < -0.3 is 15.1 Å². The fourth-order valence-electron chi connectivity index (χ4n) is 5.30. The Kier molecular flexibility index (Phi) is 7.46. The Labute approximate surface area is 215 Å². The molecule has 2 aliphatic rings. The van der Waals surface area contributed by atoms with E-state index in [-0.39, 0.29) is 5.91 Å². The number of nitrogens with one attached hydrogen (secondary N) is 1. The van der Waals surface area contributed by atoms with Gasteiger partial charge in [0.25, 0.3) is 5.91 Å². The lowest BCUT2D eigenvalue weighted by Crippen LogP contribution is -2.29. The third-order valence-corrected chi connectivity index (χ3v) is 7.16. The molecule has 1 N–H and O–H groups in total. The second-order valence-electron chi connectivity index (χ2n) is 9.76. The first kappa shape index (κ1) is 25.3. The van der Waals surface area contributed by atoms with Gasteiger partial charge in [-0.25, -0.2) is 4.98 Å². The molecule has 3 heterocycles. The number of amides is 1. The zero-order valence-electron chi connectivity index (χ0n) is 20.7. The molecule has 194 valence electrons. The highest BCUT2D eigenvalue weighted by molar-refractivity contribution is 5.98. The first-order valence-corrected chi connectivity index (χ1v) is 12.9. The molecule has 5 nitrogen and oxygen atoms in total. The summed E-state index contributed by atoms with van der Waals surface area (Å²) in [5.41, 5.74) is 3.48. The van der Waals surface area contributed by atoms with E-state index in [1.165, 1.54) is 25.0 Å². The maximum Gasteiger partial charge on any atom is 0.416 e. The zero-order chi connectivity index (χ0) is 25.8. The van der Waals surface area contributed by atoms with E-state index in [1.807, 2.05) is 30.3 Å². The van der Waals surface area contributed by atoms with Crippen molar-refractivity contribution >= 4 is 17.4 Å². The van der Waals surface area contributed by atoms with Crippen LogP contribution < -0.4 is 10.2 Å². The number of aromatic nitrogens is 1. The molecule has 1 fully saturated rings. The number of likely N-dealkylation sites (tertiary alicyclic amines) is 1. The molecule has 2 aliphatic heterocycles. The second kappa shape index (κ2) is 10.9. The third kappa shape index (κ3) is 5.96. The first-order chi connectivity index (χ1) is 17.9. The van der Waals surface area contributed by atoms with Gasteiger partial charge in [-0.15, -0.1) is 0 Å². The number of fused-ring (bicyclic) bond motifs is 1. The summed E-state index contributed by atoms with van der Waals surface area (Å²) < 4.78 is 39.3. The van der Waals surface area contributed by atoms with Crippen molar-refractivity contribution in [2.24, 2.45) is 0 Å². The number of hydrogen-bond acceptors (Lipinski definition) is 4. The monoisotopic (exact) mass is 508 g/mol. The van der Waals surface area contributed by atoms with E-state index < -0.39 is 11.7 Å². The molecule has 2 aromatic carbocycles. The molecular weight excluding hydrogens is 477 g/mol. The molecule has 1 aromatic heterocycles. The smallest absolute Gasteiger partial charge is 0.352 e. The van der Waals surface area contributed by atoms with Gasteiger partial charge in [0.15, 0.2) is 0 Å². The van der Waals surface area contributed by atoms with Crippen molar-refractivity contribution in [2.45, 2.75) is 38.3 Å². The van der Waals surface area contributed by atoms with Gasteiger partial charge in [-0.05, 0) is 98.8 Å². The van der Waals surface area contributed by atoms with Crippen LogP contribution in [0.1, 0.15) is 51.9 Å². The van der Waals surface area contributed by atoms with Crippen LogP contribution in [-0.2, 0) is 19.0 Å². The van der Waals surface area contributed by atoms with E-state index in [9.17, 15) is 18.0 Å². The fourth-order valence-corrected chi connectivity index (χ4v) is 5.30. The van der Waals surface area contributed by atoms with Crippen molar-refractivity contribution in [3.8, 4) is 0 Å². The van der Waals surface area contributed by atoms with Gasteiger partial charge in [0, 0.05) is 30.5 Å². The third-order valence-electron chi connectivity index (χ3n) is 7.16. The van der Waals surface area contributed by atoms with Gasteiger partial charge >= 0.3 is 6.18 Å². The number of anilines is 2. The van der Waals surface area contributed by atoms with Crippen molar-refractivity contribution in [3.05, 3.63) is 88.6 Å². The summed E-state index contributed by atoms with van der Waals surface area (Å²) in [6, 6.07) is 14.9. The van der Waals surface area contributed by atoms with Gasteiger partial charge in [0.05, 0.1) is 5.56 Å². The van der Waals surface area contributed by atoms with Crippen molar-refractivity contribution in [1.82, 2.24) is 15.2 Å². The summed E-state index contributed by atoms with van der Waals surface area (Å²) in [7, 11) is 0. The maximum atomic E-state index is 13.1. The minimum Gasteiger partial charge on any atom is -0.352 e. The van der Waals surface area contributed by atoms with E-state index in [0.29, 0.717) is 30.6 Å². The van der Waals surface area contributed by atoms with Crippen LogP contribution in [0.5, 0.6) is 0 Å². The lowest BCUT2D eigenvalue weighted by molar-refractivity contribution is -0.137. The Hall–Kier alpha value is -3.39. The van der Waals surface area contributed by atoms with E-state index in [4.69, 9.17) is 0 Å². The van der Waals surface area contributed by atoms with Crippen LogP contribution in [0, 0.1) is 0 Å². The molecule has 0 unspecified atom stereocenters. The highest BCUT2D eigenvalue weighted by Crippen LogP contribution is 2.36. The van der Waals surface area contributed by atoms with Crippen LogP contribution in [0.2, 0.25) is 0 Å². The highest BCUT2D eigenvalue weighted by atomic mass is 19.4. The summed E-state index contributed by atoms with van der Waals surface area (Å²) in [6.07, 6.45) is 1.90. The molecule has 0 saturated carbocycles. The summed E-state index contributed by atoms with van der Waals surface area (Å²) in [5.74, 6) is 0.678. The molecule has 0 radical (unpaired) electrons. The van der Waals surface area contributed by atoms with Crippen LogP contribution in [0.3, 0.4) is 0 Å². The molecule has 8 heteroatoms. The quantitative estimate of drug-likeness (QED) is 0.403. The molecule has 0 bridgehead atoms. The molecule has 3 aromatic rings. The molecule has 5 rings (SSSR count). The van der Waals surface area contributed by atoms with E-state index in [2.05, 4.69) is 20.1 Å². The van der Waals surface area contributed by atoms with Crippen LogP contribution in [-0.4, -0.2) is 48.5 Å². The van der Waals surface area contributed by atoms with E-state index in [0.717, 1.165) is 61.2 Å². The molecular formula is C29H31F3N4O. The number of rotatable bonds is 8. The number of alkyl halides is 3. The summed E-state index contributed by atoms with van der Waals surface area (Å²) in [5, 5.41) is 3.08. The largest absolute Gasteiger partial charge is 0.416 e. The Morgan fingerprint density at radius 2 is 1.76 bits per heavy atom.